The standard InChI is InChI=1S/C9H14N6/c1-5(2)3-11-9-14-6-7(10)12-4-13-8(6)15-9/h4-6H,3H2,1-2H3,(H3,10,11,12,13,14,15). The predicted molar refractivity (Wildman–Crippen MR) is 61.6 cm³/mol. The molecule has 1 unspecified atom stereocenters. The summed E-state index contributed by atoms with van der Waals surface area (Å²) < 4.78 is 0. The van der Waals surface area contributed by atoms with Crippen molar-refractivity contribution in [1.29, 1.82) is 0 Å². The molecule has 0 bridgehead atoms. The Morgan fingerprint density at radius 3 is 3.07 bits per heavy atom. The van der Waals surface area contributed by atoms with Gasteiger partial charge in [0.1, 0.15) is 18.2 Å². The van der Waals surface area contributed by atoms with Crippen LogP contribution in [0.15, 0.2) is 20.0 Å². The molecule has 0 aromatic carbocycles. The summed E-state index contributed by atoms with van der Waals surface area (Å²) in [6.07, 6.45) is 1.41. The molecule has 1 atom stereocenters. The molecule has 0 aromatic rings. The molecule has 2 heterocycles. The number of aliphatic imine (C=N–C) groups is 4. The van der Waals surface area contributed by atoms with Gasteiger partial charge in [-0.15, -0.1) is 0 Å². The van der Waals surface area contributed by atoms with E-state index in [0.29, 0.717) is 23.5 Å². The number of guanidine groups is 1. The molecule has 0 radical (unpaired) electrons. The van der Waals surface area contributed by atoms with Crippen molar-refractivity contribution >= 4 is 24.0 Å². The maximum absolute atomic E-state index is 5.70. The van der Waals surface area contributed by atoms with Crippen molar-refractivity contribution in [2.24, 2.45) is 31.6 Å². The van der Waals surface area contributed by atoms with Gasteiger partial charge in [-0.05, 0) is 5.92 Å². The smallest absolute Gasteiger partial charge is 0.220 e. The van der Waals surface area contributed by atoms with Gasteiger partial charge in [-0.2, -0.15) is 4.99 Å². The molecule has 0 amide bonds. The van der Waals surface area contributed by atoms with E-state index >= 15 is 0 Å². The molecule has 6 heteroatoms. The third-order valence-corrected chi connectivity index (χ3v) is 2.05. The molecule has 6 nitrogen and oxygen atoms in total. The lowest BCUT2D eigenvalue weighted by Gasteiger charge is -2.12. The van der Waals surface area contributed by atoms with E-state index in [9.17, 15) is 0 Å². The monoisotopic (exact) mass is 206 g/mol. The molecule has 80 valence electrons. The Balaban J connectivity index is 2.12. The normalized spacial score (nSPS) is 26.3. The van der Waals surface area contributed by atoms with Gasteiger partial charge >= 0.3 is 0 Å². The van der Waals surface area contributed by atoms with Crippen LogP contribution in [0.25, 0.3) is 0 Å². The largest absolute Gasteiger partial charge is 0.385 e. The van der Waals surface area contributed by atoms with Crippen LogP contribution in [-0.4, -0.2) is 36.6 Å². The highest BCUT2D eigenvalue weighted by molar-refractivity contribution is 6.22. The van der Waals surface area contributed by atoms with Gasteiger partial charge in [-0.25, -0.2) is 9.98 Å². The Morgan fingerprint density at radius 1 is 1.60 bits per heavy atom. The lowest BCUT2D eigenvalue weighted by atomic mass is 10.2. The average molecular weight is 206 g/mol. The van der Waals surface area contributed by atoms with Gasteiger partial charge in [0.15, 0.2) is 5.84 Å². The van der Waals surface area contributed by atoms with E-state index in [1.54, 1.807) is 0 Å². The fourth-order valence-corrected chi connectivity index (χ4v) is 1.29. The Bertz CT molecular complexity index is 376. The Hall–Kier alpha value is -1.72. The second kappa shape index (κ2) is 3.80. The first-order valence-electron chi connectivity index (χ1n) is 4.92. The lowest BCUT2D eigenvalue weighted by molar-refractivity contribution is 0.663. The molecule has 0 aliphatic carbocycles. The van der Waals surface area contributed by atoms with Gasteiger partial charge in [0, 0.05) is 6.54 Å². The molecule has 0 spiro atoms. The van der Waals surface area contributed by atoms with E-state index in [2.05, 4.69) is 39.1 Å². The van der Waals surface area contributed by atoms with Crippen LogP contribution < -0.4 is 11.1 Å². The van der Waals surface area contributed by atoms with Gasteiger partial charge in [0.2, 0.25) is 5.96 Å². The molecule has 0 saturated heterocycles. The van der Waals surface area contributed by atoms with E-state index in [-0.39, 0.29) is 6.04 Å². The number of fused-ring (bicyclic) bond motifs is 1. The number of hydrogen-bond donors (Lipinski definition) is 2. The summed E-state index contributed by atoms with van der Waals surface area (Å²) in [6.45, 7) is 4.95. The van der Waals surface area contributed by atoms with Crippen LogP contribution in [0, 0.1) is 5.92 Å². The molecule has 0 saturated carbocycles. The molecule has 0 aromatic heterocycles. The van der Waals surface area contributed by atoms with Crippen molar-refractivity contribution in [2.45, 2.75) is 19.9 Å². The van der Waals surface area contributed by atoms with Crippen molar-refractivity contribution < 1.29 is 0 Å². The van der Waals surface area contributed by atoms with E-state index < -0.39 is 0 Å². The van der Waals surface area contributed by atoms with Crippen molar-refractivity contribution in [1.82, 2.24) is 5.32 Å². The van der Waals surface area contributed by atoms with Crippen molar-refractivity contribution in [3.8, 4) is 0 Å². The summed E-state index contributed by atoms with van der Waals surface area (Å²) in [5.74, 6) is 2.24. The first kappa shape index (κ1) is 9.82. The molecule has 0 fully saturated rings. The molecular weight excluding hydrogens is 192 g/mol. The summed E-state index contributed by atoms with van der Waals surface area (Å²) >= 11 is 0. The SMILES string of the molecule is CC(C)CN=C1N=C2N=CN=C(N)C2N1. The third-order valence-electron chi connectivity index (χ3n) is 2.05. The third kappa shape index (κ3) is 2.03. The fraction of sp³-hybridized carbons (Fsp3) is 0.556. The molecule has 2 aliphatic heterocycles. The van der Waals surface area contributed by atoms with Crippen LogP contribution in [0.3, 0.4) is 0 Å². The minimum Gasteiger partial charge on any atom is -0.385 e. The topological polar surface area (TPSA) is 87.5 Å². The molecule has 15 heavy (non-hydrogen) atoms. The van der Waals surface area contributed by atoms with Crippen LogP contribution in [-0.2, 0) is 0 Å². The van der Waals surface area contributed by atoms with Gasteiger partial charge in [-0.3, -0.25) is 4.99 Å². The summed E-state index contributed by atoms with van der Waals surface area (Å²) in [5, 5.41) is 3.07. The van der Waals surface area contributed by atoms with Gasteiger partial charge in [0.25, 0.3) is 0 Å². The van der Waals surface area contributed by atoms with Crippen molar-refractivity contribution in [3.05, 3.63) is 0 Å². The second-order valence-corrected chi connectivity index (χ2v) is 3.90. The highest BCUT2D eigenvalue weighted by atomic mass is 15.3. The molecular formula is C9H14N6. The van der Waals surface area contributed by atoms with Gasteiger partial charge in [-0.1, -0.05) is 13.8 Å². The fourth-order valence-electron chi connectivity index (χ4n) is 1.29. The zero-order chi connectivity index (χ0) is 10.8. The number of amidine groups is 2. The first-order valence-corrected chi connectivity index (χ1v) is 4.92. The number of nitrogens with zero attached hydrogens (tertiary/aromatic N) is 4. The Kier molecular flexibility index (Phi) is 2.49. The highest BCUT2D eigenvalue weighted by Gasteiger charge is 2.29. The Morgan fingerprint density at radius 2 is 2.40 bits per heavy atom. The average Bonchev–Trinajstić information content (AvgIpc) is 2.59. The minimum absolute atomic E-state index is 0.194. The summed E-state index contributed by atoms with van der Waals surface area (Å²) in [6, 6.07) is -0.194. The van der Waals surface area contributed by atoms with Gasteiger partial charge < -0.3 is 11.1 Å². The molecule has 2 aliphatic rings. The summed E-state index contributed by atoms with van der Waals surface area (Å²) in [7, 11) is 0. The molecule has 2 rings (SSSR count). The number of nitrogens with one attached hydrogen (secondary N) is 1. The van der Waals surface area contributed by atoms with Gasteiger partial charge in [0.05, 0.1) is 0 Å². The van der Waals surface area contributed by atoms with Crippen LogP contribution in [0.2, 0.25) is 0 Å². The zero-order valence-corrected chi connectivity index (χ0v) is 8.81. The van der Waals surface area contributed by atoms with E-state index in [4.69, 9.17) is 5.73 Å². The van der Waals surface area contributed by atoms with E-state index in [0.717, 1.165) is 6.54 Å². The number of nitrogens with two attached hydrogens (primary N) is 1. The summed E-state index contributed by atoms with van der Waals surface area (Å²) in [4.78, 5) is 16.5. The zero-order valence-electron chi connectivity index (χ0n) is 8.81. The van der Waals surface area contributed by atoms with Crippen LogP contribution in [0.1, 0.15) is 13.8 Å². The number of hydrogen-bond acceptors (Lipinski definition) is 4. The quantitative estimate of drug-likeness (QED) is 0.653. The first-order chi connectivity index (χ1) is 7.16. The van der Waals surface area contributed by atoms with Crippen molar-refractivity contribution in [2.75, 3.05) is 6.54 Å². The van der Waals surface area contributed by atoms with Crippen LogP contribution in [0.4, 0.5) is 0 Å². The minimum atomic E-state index is -0.194. The lowest BCUT2D eigenvalue weighted by Crippen LogP contribution is -2.45. The molecule has 3 N–H and O–H groups in total. The van der Waals surface area contributed by atoms with E-state index in [1.807, 2.05) is 0 Å². The van der Waals surface area contributed by atoms with Crippen LogP contribution in [0.5, 0.6) is 0 Å². The predicted octanol–water partition coefficient (Wildman–Crippen LogP) is -0.232. The maximum Gasteiger partial charge on any atom is 0.220 e. The van der Waals surface area contributed by atoms with Crippen molar-refractivity contribution in [3.63, 3.8) is 0 Å². The second-order valence-electron chi connectivity index (χ2n) is 3.90. The van der Waals surface area contributed by atoms with Crippen LogP contribution >= 0.6 is 0 Å². The summed E-state index contributed by atoms with van der Waals surface area (Å²) in [5.41, 5.74) is 5.70. The van der Waals surface area contributed by atoms with E-state index in [1.165, 1.54) is 6.34 Å². The Labute approximate surface area is 88.1 Å². The number of rotatable bonds is 2. The maximum atomic E-state index is 5.70. The highest BCUT2D eigenvalue weighted by Crippen LogP contribution is 2.06.